The van der Waals surface area contributed by atoms with E-state index in [1.165, 1.54) is 65.6 Å². The van der Waals surface area contributed by atoms with Crippen LogP contribution in [0.15, 0.2) is 60.7 Å². The third-order valence-corrected chi connectivity index (χ3v) is 8.67. The lowest BCUT2D eigenvalue weighted by atomic mass is 9.79. The second-order valence-corrected chi connectivity index (χ2v) is 11.2. The van der Waals surface area contributed by atoms with Gasteiger partial charge in [-0.15, -0.1) is 0 Å². The molecule has 1 atom stereocenters. The Morgan fingerprint density at radius 2 is 1.68 bits per heavy atom. The number of rotatable bonds is 10. The van der Waals surface area contributed by atoms with Crippen LogP contribution in [0.5, 0.6) is 11.5 Å². The van der Waals surface area contributed by atoms with Crippen molar-refractivity contribution in [3.63, 3.8) is 0 Å². The fraction of sp³-hybridized carbons (Fsp3) is 0.471. The van der Waals surface area contributed by atoms with E-state index in [9.17, 15) is 5.11 Å². The van der Waals surface area contributed by atoms with E-state index in [-0.39, 0.29) is 0 Å². The molecule has 0 heterocycles. The number of aryl methyl sites for hydroxylation is 1. The van der Waals surface area contributed by atoms with E-state index in [0.29, 0.717) is 11.7 Å². The molecule has 2 aliphatic carbocycles. The van der Waals surface area contributed by atoms with Crippen LogP contribution in [-0.4, -0.2) is 31.3 Å². The zero-order valence-corrected chi connectivity index (χ0v) is 23.2. The molecule has 2 aliphatic rings. The monoisotopic (exact) mass is 512 g/mol. The molecule has 1 saturated carbocycles. The Balaban J connectivity index is 1.27. The van der Waals surface area contributed by atoms with Crippen LogP contribution in [0.2, 0.25) is 0 Å². The van der Waals surface area contributed by atoms with E-state index in [0.717, 1.165) is 57.1 Å². The number of nitrogens with one attached hydrogen (secondary N) is 1. The first-order valence-corrected chi connectivity index (χ1v) is 14.7. The van der Waals surface area contributed by atoms with Crippen molar-refractivity contribution in [3.8, 4) is 11.5 Å². The van der Waals surface area contributed by atoms with E-state index in [2.05, 4.69) is 65.7 Å². The summed E-state index contributed by atoms with van der Waals surface area (Å²) in [6, 6.07) is 22.4. The van der Waals surface area contributed by atoms with E-state index < -0.39 is 0 Å². The number of methoxy groups -OCH3 is 1. The maximum atomic E-state index is 9.91. The Hall–Kier alpha value is -2.98. The Morgan fingerprint density at radius 1 is 0.895 bits per heavy atom. The average molecular weight is 513 g/mol. The summed E-state index contributed by atoms with van der Waals surface area (Å²) in [5.41, 5.74) is 8.08. The number of hydrogen-bond donors (Lipinski definition) is 2. The van der Waals surface area contributed by atoms with Crippen LogP contribution in [0.25, 0.3) is 0 Å². The van der Waals surface area contributed by atoms with Crippen molar-refractivity contribution < 1.29 is 9.84 Å². The van der Waals surface area contributed by atoms with E-state index in [1.54, 1.807) is 7.11 Å². The second kappa shape index (κ2) is 12.7. The Labute approximate surface area is 229 Å². The Morgan fingerprint density at radius 3 is 2.45 bits per heavy atom. The van der Waals surface area contributed by atoms with Crippen molar-refractivity contribution in [1.82, 2.24) is 5.32 Å². The topological polar surface area (TPSA) is 44.7 Å². The van der Waals surface area contributed by atoms with E-state index in [4.69, 9.17) is 4.74 Å². The van der Waals surface area contributed by atoms with Gasteiger partial charge in [0, 0.05) is 30.9 Å². The van der Waals surface area contributed by atoms with Gasteiger partial charge in [0.1, 0.15) is 11.5 Å². The molecule has 4 heteroatoms. The average Bonchev–Trinajstić information content (AvgIpc) is 2.96. The summed E-state index contributed by atoms with van der Waals surface area (Å²) in [6.45, 7) is 5.13. The van der Waals surface area contributed by atoms with Gasteiger partial charge in [0.2, 0.25) is 0 Å². The summed E-state index contributed by atoms with van der Waals surface area (Å²) in [5, 5.41) is 13.7. The first-order valence-electron chi connectivity index (χ1n) is 14.7. The maximum Gasteiger partial charge on any atom is 0.120 e. The molecule has 0 saturated heterocycles. The smallest absolute Gasteiger partial charge is 0.120 e. The number of benzene rings is 3. The van der Waals surface area contributed by atoms with Gasteiger partial charge in [-0.3, -0.25) is 0 Å². The van der Waals surface area contributed by atoms with Crippen LogP contribution in [0.1, 0.15) is 79.2 Å². The minimum atomic E-state index is 0.371. The van der Waals surface area contributed by atoms with Gasteiger partial charge in [-0.1, -0.05) is 55.7 Å². The Kier molecular flexibility index (Phi) is 8.90. The zero-order chi connectivity index (χ0) is 26.3. The first-order chi connectivity index (χ1) is 18.6. The van der Waals surface area contributed by atoms with Crippen LogP contribution >= 0.6 is 0 Å². The van der Waals surface area contributed by atoms with Crippen molar-refractivity contribution in [2.24, 2.45) is 0 Å². The standard InChI is InChI=1S/C34H44N2O2/c1-3-36(24-26-11-9-25(10-12-26)19-20-35-30-7-5-4-6-8-30)34-23-32(38-2)17-18-33(34)29-14-13-28-22-31(37)16-15-27(28)21-29/h9-12,15-18,22-23,29-30,35,37H,3-8,13-14,19-21,24H2,1-2H3. The molecule has 3 aromatic carbocycles. The van der Waals surface area contributed by atoms with Crippen LogP contribution < -0.4 is 15.0 Å². The second-order valence-electron chi connectivity index (χ2n) is 11.2. The highest BCUT2D eigenvalue weighted by molar-refractivity contribution is 5.60. The van der Waals surface area contributed by atoms with E-state index in [1.807, 2.05) is 12.1 Å². The molecule has 0 aromatic heterocycles. The first kappa shape index (κ1) is 26.6. The van der Waals surface area contributed by atoms with Crippen LogP contribution in [0.3, 0.4) is 0 Å². The molecule has 5 rings (SSSR count). The summed E-state index contributed by atoms with van der Waals surface area (Å²) in [4.78, 5) is 2.49. The lowest BCUT2D eigenvalue weighted by molar-refractivity contribution is 0.375. The largest absolute Gasteiger partial charge is 0.508 e. The predicted molar refractivity (Wildman–Crippen MR) is 158 cm³/mol. The van der Waals surface area contributed by atoms with E-state index >= 15 is 0 Å². The normalized spacial score (nSPS) is 17.7. The third-order valence-electron chi connectivity index (χ3n) is 8.67. The van der Waals surface area contributed by atoms with Gasteiger partial charge in [-0.25, -0.2) is 0 Å². The number of ether oxygens (including phenoxy) is 1. The van der Waals surface area contributed by atoms with Crippen molar-refractivity contribution in [1.29, 1.82) is 0 Å². The lowest BCUT2D eigenvalue weighted by Gasteiger charge is -2.32. The highest BCUT2D eigenvalue weighted by atomic mass is 16.5. The minimum Gasteiger partial charge on any atom is -0.508 e. The molecular weight excluding hydrogens is 468 g/mol. The molecule has 0 aliphatic heterocycles. The molecule has 0 radical (unpaired) electrons. The van der Waals surface area contributed by atoms with Crippen LogP contribution in [-0.2, 0) is 25.8 Å². The fourth-order valence-electron chi connectivity index (χ4n) is 6.40. The molecule has 38 heavy (non-hydrogen) atoms. The summed E-state index contributed by atoms with van der Waals surface area (Å²) in [5.74, 6) is 1.74. The minimum absolute atomic E-state index is 0.371. The predicted octanol–water partition coefficient (Wildman–Crippen LogP) is 7.16. The van der Waals surface area contributed by atoms with Gasteiger partial charge in [-0.2, -0.15) is 0 Å². The molecule has 0 spiro atoms. The summed E-state index contributed by atoms with van der Waals surface area (Å²) >= 11 is 0. The van der Waals surface area contributed by atoms with Gasteiger partial charge in [-0.05, 0) is 104 Å². The molecule has 3 aromatic rings. The highest BCUT2D eigenvalue weighted by Crippen LogP contribution is 2.40. The van der Waals surface area contributed by atoms with Gasteiger partial charge >= 0.3 is 0 Å². The number of aromatic hydroxyl groups is 1. The summed E-state index contributed by atoms with van der Waals surface area (Å²) in [6.07, 6.45) is 11.1. The number of phenolic OH excluding ortho intramolecular Hbond substituents is 1. The molecule has 1 unspecified atom stereocenters. The molecule has 4 nitrogen and oxygen atoms in total. The van der Waals surface area contributed by atoms with Gasteiger partial charge in [0.05, 0.1) is 7.11 Å². The molecule has 1 fully saturated rings. The summed E-state index contributed by atoms with van der Waals surface area (Å²) < 4.78 is 5.65. The van der Waals surface area contributed by atoms with Crippen LogP contribution in [0.4, 0.5) is 5.69 Å². The lowest BCUT2D eigenvalue weighted by Crippen LogP contribution is -2.32. The number of anilines is 1. The number of fused-ring (bicyclic) bond motifs is 1. The van der Waals surface area contributed by atoms with Crippen molar-refractivity contribution in [2.45, 2.75) is 83.2 Å². The van der Waals surface area contributed by atoms with Gasteiger partial charge in [0.15, 0.2) is 0 Å². The van der Waals surface area contributed by atoms with Gasteiger partial charge in [0.25, 0.3) is 0 Å². The molecule has 202 valence electrons. The summed E-state index contributed by atoms with van der Waals surface area (Å²) in [7, 11) is 1.75. The SMILES string of the molecule is CCN(Cc1ccc(CCNC2CCCCC2)cc1)c1cc(OC)ccc1C1CCc2cc(O)ccc2C1. The number of hydrogen-bond acceptors (Lipinski definition) is 4. The molecule has 0 bridgehead atoms. The number of nitrogens with zero attached hydrogens (tertiary/aromatic N) is 1. The van der Waals surface area contributed by atoms with Crippen LogP contribution in [0, 0.1) is 0 Å². The quantitative estimate of drug-likeness (QED) is 0.302. The zero-order valence-electron chi connectivity index (χ0n) is 23.2. The molecule has 2 N–H and O–H groups in total. The van der Waals surface area contributed by atoms with Gasteiger partial charge < -0.3 is 20.1 Å². The maximum absolute atomic E-state index is 9.91. The fourth-order valence-corrected chi connectivity index (χ4v) is 6.40. The highest BCUT2D eigenvalue weighted by Gasteiger charge is 2.24. The Bertz CT molecular complexity index is 1180. The van der Waals surface area contributed by atoms with Crippen molar-refractivity contribution >= 4 is 5.69 Å². The molecule has 0 amide bonds. The molecular formula is C34H44N2O2. The van der Waals surface area contributed by atoms with Crippen molar-refractivity contribution in [2.75, 3.05) is 25.1 Å². The third kappa shape index (κ3) is 6.53. The number of phenols is 1. The van der Waals surface area contributed by atoms with Crippen molar-refractivity contribution in [3.05, 3.63) is 88.5 Å².